The van der Waals surface area contributed by atoms with Gasteiger partial charge >= 0.3 is 0 Å². The van der Waals surface area contributed by atoms with E-state index in [4.69, 9.17) is 0 Å². The molecule has 23 heavy (non-hydrogen) atoms. The Bertz CT molecular complexity index is 545. The molecule has 4 heterocycles. The molecule has 3 aliphatic rings. The monoisotopic (exact) mass is 317 g/mol. The van der Waals surface area contributed by atoms with Gasteiger partial charge in [0.2, 0.25) is 0 Å². The van der Waals surface area contributed by atoms with Crippen molar-refractivity contribution in [1.29, 1.82) is 0 Å². The van der Waals surface area contributed by atoms with E-state index in [-0.39, 0.29) is 5.91 Å². The smallest absolute Gasteiger partial charge is 0.257 e. The molecule has 1 amide bonds. The highest BCUT2D eigenvalue weighted by atomic mass is 16.2. The van der Waals surface area contributed by atoms with Crippen molar-refractivity contribution in [3.05, 3.63) is 17.5 Å². The van der Waals surface area contributed by atoms with Gasteiger partial charge in [0.15, 0.2) is 0 Å². The summed E-state index contributed by atoms with van der Waals surface area (Å²) in [5, 5.41) is 10.6. The average Bonchev–Trinajstić information content (AvgIpc) is 3.34. The molecule has 2 N–H and O–H groups in total. The summed E-state index contributed by atoms with van der Waals surface area (Å²) in [7, 11) is 0. The molecule has 6 nitrogen and oxygen atoms in total. The third-order valence-electron chi connectivity index (χ3n) is 5.73. The summed E-state index contributed by atoms with van der Waals surface area (Å²) in [5.41, 5.74) is 1.82. The van der Waals surface area contributed by atoms with Gasteiger partial charge in [0.25, 0.3) is 5.91 Å². The molecule has 0 saturated carbocycles. The van der Waals surface area contributed by atoms with E-state index in [1.54, 1.807) is 6.20 Å². The van der Waals surface area contributed by atoms with Gasteiger partial charge in [0.1, 0.15) is 0 Å². The second kappa shape index (κ2) is 6.61. The van der Waals surface area contributed by atoms with Crippen molar-refractivity contribution in [3.63, 3.8) is 0 Å². The highest BCUT2D eigenvalue weighted by Crippen LogP contribution is 2.26. The van der Waals surface area contributed by atoms with Crippen molar-refractivity contribution < 1.29 is 4.79 Å². The molecule has 3 aliphatic heterocycles. The van der Waals surface area contributed by atoms with Crippen LogP contribution in [0, 0.1) is 0 Å². The minimum Gasteiger partial charge on any atom is -0.337 e. The Morgan fingerprint density at radius 2 is 2.04 bits per heavy atom. The maximum Gasteiger partial charge on any atom is 0.257 e. The molecule has 2 unspecified atom stereocenters. The zero-order valence-corrected chi connectivity index (χ0v) is 13.8. The summed E-state index contributed by atoms with van der Waals surface area (Å²) in [6.45, 7) is 6.14. The number of hydrogen-bond donors (Lipinski definition) is 2. The number of H-pyrrole nitrogens is 1. The summed E-state index contributed by atoms with van der Waals surface area (Å²) < 4.78 is 0. The van der Waals surface area contributed by atoms with E-state index in [0.717, 1.165) is 50.3 Å². The lowest BCUT2D eigenvalue weighted by atomic mass is 10.0. The Morgan fingerprint density at radius 3 is 2.83 bits per heavy atom. The van der Waals surface area contributed by atoms with Crippen LogP contribution in [0.15, 0.2) is 6.20 Å². The van der Waals surface area contributed by atoms with Crippen molar-refractivity contribution in [1.82, 2.24) is 25.3 Å². The molecule has 6 heteroatoms. The van der Waals surface area contributed by atoms with Gasteiger partial charge in [0.05, 0.1) is 17.5 Å². The first-order valence-corrected chi connectivity index (χ1v) is 9.10. The van der Waals surface area contributed by atoms with E-state index in [2.05, 4.69) is 20.4 Å². The summed E-state index contributed by atoms with van der Waals surface area (Å²) in [4.78, 5) is 17.6. The quantitative estimate of drug-likeness (QED) is 0.879. The lowest BCUT2D eigenvalue weighted by molar-refractivity contribution is 0.0770. The van der Waals surface area contributed by atoms with E-state index < -0.39 is 0 Å². The van der Waals surface area contributed by atoms with Crippen molar-refractivity contribution in [3.8, 4) is 0 Å². The summed E-state index contributed by atoms with van der Waals surface area (Å²) >= 11 is 0. The molecule has 0 aromatic carbocycles. The highest BCUT2D eigenvalue weighted by molar-refractivity contribution is 5.95. The van der Waals surface area contributed by atoms with Gasteiger partial charge in [-0.25, -0.2) is 0 Å². The average molecular weight is 317 g/mol. The Kier molecular flexibility index (Phi) is 4.35. The van der Waals surface area contributed by atoms with Crippen LogP contribution in [-0.4, -0.2) is 71.2 Å². The van der Waals surface area contributed by atoms with Crippen molar-refractivity contribution >= 4 is 5.91 Å². The molecular weight excluding hydrogens is 290 g/mol. The third kappa shape index (κ3) is 3.02. The Labute approximate surface area is 137 Å². The molecule has 4 rings (SSSR count). The number of nitrogens with zero attached hydrogens (tertiary/aromatic N) is 3. The minimum absolute atomic E-state index is 0.167. The van der Waals surface area contributed by atoms with Crippen LogP contribution in [0.4, 0.5) is 0 Å². The molecule has 0 radical (unpaired) electrons. The van der Waals surface area contributed by atoms with E-state index in [1.165, 1.54) is 32.4 Å². The first-order chi connectivity index (χ1) is 11.3. The number of rotatable bonds is 3. The van der Waals surface area contributed by atoms with E-state index >= 15 is 0 Å². The number of carbonyl (C=O) groups is 1. The molecule has 3 saturated heterocycles. The van der Waals surface area contributed by atoms with Gasteiger partial charge in [0, 0.05) is 31.6 Å². The number of hydrogen-bond acceptors (Lipinski definition) is 4. The number of piperidine rings is 1. The van der Waals surface area contributed by atoms with E-state index in [1.807, 2.05) is 4.90 Å². The van der Waals surface area contributed by atoms with Gasteiger partial charge in [-0.1, -0.05) is 6.42 Å². The van der Waals surface area contributed by atoms with Gasteiger partial charge in [-0.2, -0.15) is 5.10 Å². The molecule has 0 spiro atoms. The Hall–Kier alpha value is -1.40. The van der Waals surface area contributed by atoms with Gasteiger partial charge in [-0.05, 0) is 45.3 Å². The number of likely N-dealkylation sites (tertiary alicyclic amines) is 2. The first kappa shape index (κ1) is 15.1. The molecule has 0 aliphatic carbocycles. The van der Waals surface area contributed by atoms with Crippen molar-refractivity contribution in [2.24, 2.45) is 0 Å². The zero-order valence-electron chi connectivity index (χ0n) is 13.8. The van der Waals surface area contributed by atoms with Gasteiger partial charge in [-0.3, -0.25) is 14.8 Å². The van der Waals surface area contributed by atoms with Crippen LogP contribution >= 0.6 is 0 Å². The Balaban J connectivity index is 1.42. The molecule has 126 valence electrons. The maximum absolute atomic E-state index is 12.9. The summed E-state index contributed by atoms with van der Waals surface area (Å²) in [6, 6.07) is 0.558. The second-order valence-electron chi connectivity index (χ2n) is 7.18. The predicted octanol–water partition coefficient (Wildman–Crippen LogP) is 1.19. The second-order valence-corrected chi connectivity index (χ2v) is 7.18. The van der Waals surface area contributed by atoms with E-state index in [0.29, 0.717) is 12.0 Å². The zero-order chi connectivity index (χ0) is 15.6. The van der Waals surface area contributed by atoms with Crippen LogP contribution in [0.1, 0.15) is 54.1 Å². The third-order valence-corrected chi connectivity index (χ3v) is 5.73. The fourth-order valence-corrected chi connectivity index (χ4v) is 4.36. The Morgan fingerprint density at radius 1 is 1.17 bits per heavy atom. The molecular formula is C17H27N5O. The topological polar surface area (TPSA) is 64.3 Å². The standard InChI is InChI=1S/C17H27N5O/c23-17(15-11-19-20-16(15)13-4-6-18-10-13)22-9-5-14(12-22)21-7-2-1-3-8-21/h11,13-14,18H,1-10,12H2,(H,19,20). The predicted molar refractivity (Wildman–Crippen MR) is 88.5 cm³/mol. The minimum atomic E-state index is 0.167. The molecule has 2 atom stereocenters. The normalized spacial score (nSPS) is 29.3. The number of aromatic nitrogens is 2. The van der Waals surface area contributed by atoms with Crippen molar-refractivity contribution in [2.75, 3.05) is 39.3 Å². The largest absolute Gasteiger partial charge is 0.337 e. The molecule has 1 aromatic heterocycles. The number of aromatic amines is 1. The van der Waals surface area contributed by atoms with Gasteiger partial charge in [-0.15, -0.1) is 0 Å². The fourth-order valence-electron chi connectivity index (χ4n) is 4.36. The van der Waals surface area contributed by atoms with E-state index in [9.17, 15) is 4.79 Å². The maximum atomic E-state index is 12.9. The summed E-state index contributed by atoms with van der Waals surface area (Å²) in [6.07, 6.45) is 7.91. The van der Waals surface area contributed by atoms with Crippen LogP contribution in [0.25, 0.3) is 0 Å². The molecule has 0 bridgehead atoms. The number of nitrogens with one attached hydrogen (secondary N) is 2. The van der Waals surface area contributed by atoms with Crippen molar-refractivity contribution in [2.45, 2.75) is 44.1 Å². The van der Waals surface area contributed by atoms with Crippen LogP contribution in [0.2, 0.25) is 0 Å². The van der Waals surface area contributed by atoms with Gasteiger partial charge < -0.3 is 10.2 Å². The van der Waals surface area contributed by atoms with Crippen LogP contribution < -0.4 is 5.32 Å². The molecule has 3 fully saturated rings. The van der Waals surface area contributed by atoms with Crippen LogP contribution in [0.5, 0.6) is 0 Å². The first-order valence-electron chi connectivity index (χ1n) is 9.10. The van der Waals surface area contributed by atoms with Crippen LogP contribution in [-0.2, 0) is 0 Å². The lowest BCUT2D eigenvalue weighted by Gasteiger charge is -2.32. The SMILES string of the molecule is O=C(c1cn[nH]c1C1CCNC1)N1CCC(N2CCCCC2)C1. The lowest BCUT2D eigenvalue weighted by Crippen LogP contribution is -2.41. The number of amides is 1. The fraction of sp³-hybridized carbons (Fsp3) is 0.765. The number of carbonyl (C=O) groups excluding carboxylic acids is 1. The highest BCUT2D eigenvalue weighted by Gasteiger charge is 2.33. The summed E-state index contributed by atoms with van der Waals surface area (Å²) in [5.74, 6) is 0.567. The molecule has 1 aromatic rings. The van der Waals surface area contributed by atoms with Crippen LogP contribution in [0.3, 0.4) is 0 Å².